The third kappa shape index (κ3) is 3.12. The van der Waals surface area contributed by atoms with Crippen LogP contribution in [0.3, 0.4) is 0 Å². The summed E-state index contributed by atoms with van der Waals surface area (Å²) in [6.07, 6.45) is 1.50. The van der Waals surface area contributed by atoms with Gasteiger partial charge in [0.15, 0.2) is 0 Å². The van der Waals surface area contributed by atoms with Gasteiger partial charge in [0.05, 0.1) is 11.7 Å². The van der Waals surface area contributed by atoms with Gasteiger partial charge in [0.25, 0.3) is 5.91 Å². The van der Waals surface area contributed by atoms with E-state index in [9.17, 15) is 4.79 Å². The van der Waals surface area contributed by atoms with Crippen molar-refractivity contribution < 1.29 is 4.79 Å². The number of rotatable bonds is 4. The second kappa shape index (κ2) is 6.36. The fourth-order valence-electron chi connectivity index (χ4n) is 1.96. The minimum Gasteiger partial charge on any atom is -0.271 e. The van der Waals surface area contributed by atoms with E-state index in [4.69, 9.17) is 11.6 Å². The quantitative estimate of drug-likeness (QED) is 0.593. The van der Waals surface area contributed by atoms with Crippen molar-refractivity contribution in [2.75, 3.05) is 0 Å². The first-order valence-corrected chi connectivity index (χ1v) is 6.96. The smallest absolute Gasteiger partial charge is 0.261 e. The van der Waals surface area contributed by atoms with Gasteiger partial charge in [0.2, 0.25) is 0 Å². The highest BCUT2D eigenvalue weighted by Gasteiger charge is 2.07. The molecule has 0 saturated heterocycles. The second-order valence-electron chi connectivity index (χ2n) is 4.55. The molecule has 6 nitrogen and oxygen atoms in total. The number of hydrogen-bond donors (Lipinski definition) is 1. The Bertz CT molecular complexity index is 843. The molecule has 1 aromatic heterocycles. The van der Waals surface area contributed by atoms with Gasteiger partial charge in [-0.2, -0.15) is 5.10 Å². The Balaban J connectivity index is 1.65. The molecule has 0 aliphatic carbocycles. The van der Waals surface area contributed by atoms with Crippen molar-refractivity contribution in [2.24, 2.45) is 5.10 Å². The number of carbonyl (C=O) groups is 1. The van der Waals surface area contributed by atoms with Crippen LogP contribution < -0.4 is 5.43 Å². The summed E-state index contributed by atoms with van der Waals surface area (Å²) < 4.78 is 1.52. The summed E-state index contributed by atoms with van der Waals surface area (Å²) in [5, 5.41) is 12.4. The number of hydrazone groups is 1. The zero-order chi connectivity index (χ0) is 15.4. The van der Waals surface area contributed by atoms with Gasteiger partial charge in [0, 0.05) is 10.6 Å². The lowest BCUT2D eigenvalue weighted by Crippen LogP contribution is -2.23. The van der Waals surface area contributed by atoms with Crippen molar-refractivity contribution in [1.82, 2.24) is 20.4 Å². The lowest BCUT2D eigenvalue weighted by Gasteiger charge is -2.01. The number of benzene rings is 2. The number of carbonyl (C=O) groups excluding carboxylic acids is 1. The van der Waals surface area contributed by atoms with E-state index < -0.39 is 0 Å². The van der Waals surface area contributed by atoms with Gasteiger partial charge in [-0.05, 0) is 18.2 Å². The van der Waals surface area contributed by atoms with Crippen molar-refractivity contribution in [3.63, 3.8) is 0 Å². The van der Waals surface area contributed by atoms with Gasteiger partial charge in [-0.25, -0.2) is 10.1 Å². The number of halogens is 1. The van der Waals surface area contributed by atoms with Gasteiger partial charge >= 0.3 is 0 Å². The average Bonchev–Trinajstić information content (AvgIpc) is 2.92. The summed E-state index contributed by atoms with van der Waals surface area (Å²) in [5.41, 5.74) is 4.72. The van der Waals surface area contributed by atoms with Crippen LogP contribution in [0.2, 0.25) is 5.02 Å². The Morgan fingerprint density at radius 1 is 1.23 bits per heavy atom. The van der Waals surface area contributed by atoms with E-state index in [-0.39, 0.29) is 12.5 Å². The molecular formula is C15H12ClN5O. The molecule has 0 fully saturated rings. The van der Waals surface area contributed by atoms with Crippen LogP contribution in [0.1, 0.15) is 5.56 Å². The molecule has 0 bridgehead atoms. The standard InChI is InChI=1S/C15H12ClN5O/c16-12-6-2-1-5-11(12)9-17-19-15(22)10-21-14-8-4-3-7-13(14)18-20-21/h1-9H,10H2,(H,19,22). The molecule has 3 aromatic rings. The molecule has 1 heterocycles. The summed E-state index contributed by atoms with van der Waals surface area (Å²) in [5.74, 6) is -0.293. The molecule has 2 aromatic carbocycles. The highest BCUT2D eigenvalue weighted by atomic mass is 35.5. The van der Waals surface area contributed by atoms with Crippen molar-refractivity contribution in [3.05, 3.63) is 59.1 Å². The topological polar surface area (TPSA) is 72.2 Å². The monoisotopic (exact) mass is 313 g/mol. The summed E-state index contributed by atoms with van der Waals surface area (Å²) >= 11 is 5.99. The molecule has 0 saturated carbocycles. The maximum atomic E-state index is 11.9. The maximum Gasteiger partial charge on any atom is 0.261 e. The molecule has 0 radical (unpaired) electrons. The Kier molecular flexibility index (Phi) is 4.11. The summed E-state index contributed by atoms with van der Waals surface area (Å²) in [4.78, 5) is 11.9. The predicted octanol–water partition coefficient (Wildman–Crippen LogP) is 2.24. The van der Waals surface area contributed by atoms with Crippen LogP contribution in [0.15, 0.2) is 53.6 Å². The van der Waals surface area contributed by atoms with Gasteiger partial charge in [-0.3, -0.25) is 4.79 Å². The molecule has 0 unspecified atom stereocenters. The molecule has 0 atom stereocenters. The normalized spacial score (nSPS) is 11.1. The van der Waals surface area contributed by atoms with Crippen LogP contribution in [-0.4, -0.2) is 27.1 Å². The minimum absolute atomic E-state index is 0.0420. The zero-order valence-corrected chi connectivity index (χ0v) is 12.2. The molecule has 1 N–H and O–H groups in total. The molecule has 7 heteroatoms. The van der Waals surface area contributed by atoms with Gasteiger partial charge in [-0.15, -0.1) is 5.10 Å². The summed E-state index contributed by atoms with van der Waals surface area (Å²) in [7, 11) is 0. The van der Waals surface area contributed by atoms with Gasteiger partial charge in [0.1, 0.15) is 12.1 Å². The molecule has 22 heavy (non-hydrogen) atoms. The summed E-state index contributed by atoms with van der Waals surface area (Å²) in [6.45, 7) is 0.0420. The van der Waals surface area contributed by atoms with E-state index >= 15 is 0 Å². The third-order valence-corrected chi connectivity index (χ3v) is 3.36. The first-order valence-electron chi connectivity index (χ1n) is 6.59. The van der Waals surface area contributed by atoms with E-state index in [1.54, 1.807) is 6.07 Å². The van der Waals surface area contributed by atoms with Crippen LogP contribution >= 0.6 is 11.6 Å². The van der Waals surface area contributed by atoms with E-state index in [1.165, 1.54) is 10.9 Å². The Hall–Kier alpha value is -2.73. The SMILES string of the molecule is O=C(Cn1nnc2ccccc21)NN=Cc1ccccc1Cl. The molecule has 3 rings (SSSR count). The fourth-order valence-corrected chi connectivity index (χ4v) is 2.14. The largest absolute Gasteiger partial charge is 0.271 e. The van der Waals surface area contributed by atoms with Crippen LogP contribution in [0, 0.1) is 0 Å². The van der Waals surface area contributed by atoms with Crippen molar-refractivity contribution in [2.45, 2.75) is 6.54 Å². The molecule has 1 amide bonds. The Labute approximate surface area is 131 Å². The zero-order valence-electron chi connectivity index (χ0n) is 11.5. The van der Waals surface area contributed by atoms with Crippen LogP contribution in [0.4, 0.5) is 0 Å². The lowest BCUT2D eigenvalue weighted by molar-refractivity contribution is -0.121. The molecule has 110 valence electrons. The van der Waals surface area contributed by atoms with Crippen LogP contribution in [0.5, 0.6) is 0 Å². The number of amides is 1. The first-order chi connectivity index (χ1) is 10.7. The van der Waals surface area contributed by atoms with E-state index in [0.717, 1.165) is 16.6 Å². The number of nitrogens with zero attached hydrogens (tertiary/aromatic N) is 4. The second-order valence-corrected chi connectivity index (χ2v) is 4.96. The number of fused-ring (bicyclic) bond motifs is 1. The third-order valence-electron chi connectivity index (χ3n) is 3.01. The highest BCUT2D eigenvalue weighted by molar-refractivity contribution is 6.33. The van der Waals surface area contributed by atoms with E-state index in [0.29, 0.717) is 5.02 Å². The number of nitrogens with one attached hydrogen (secondary N) is 1. The van der Waals surface area contributed by atoms with Gasteiger partial charge in [-0.1, -0.05) is 47.1 Å². The van der Waals surface area contributed by atoms with Crippen LogP contribution in [-0.2, 0) is 11.3 Å². The fraction of sp³-hybridized carbons (Fsp3) is 0.0667. The molecular weight excluding hydrogens is 302 g/mol. The molecule has 0 spiro atoms. The number of aromatic nitrogens is 3. The van der Waals surface area contributed by atoms with Crippen molar-refractivity contribution in [1.29, 1.82) is 0 Å². The number of hydrogen-bond acceptors (Lipinski definition) is 4. The predicted molar refractivity (Wildman–Crippen MR) is 84.7 cm³/mol. The van der Waals surface area contributed by atoms with E-state index in [2.05, 4.69) is 20.8 Å². The van der Waals surface area contributed by atoms with Crippen molar-refractivity contribution >= 4 is 34.8 Å². The summed E-state index contributed by atoms with van der Waals surface area (Å²) in [6, 6.07) is 14.7. The minimum atomic E-state index is -0.293. The highest BCUT2D eigenvalue weighted by Crippen LogP contribution is 2.12. The lowest BCUT2D eigenvalue weighted by atomic mass is 10.2. The van der Waals surface area contributed by atoms with Crippen LogP contribution in [0.25, 0.3) is 11.0 Å². The maximum absolute atomic E-state index is 11.9. The Morgan fingerprint density at radius 2 is 2.00 bits per heavy atom. The Morgan fingerprint density at radius 3 is 2.86 bits per heavy atom. The molecule has 0 aliphatic heterocycles. The number of para-hydroxylation sites is 1. The van der Waals surface area contributed by atoms with Crippen molar-refractivity contribution in [3.8, 4) is 0 Å². The molecule has 0 aliphatic rings. The average molecular weight is 314 g/mol. The first kappa shape index (κ1) is 14.2. The van der Waals surface area contributed by atoms with E-state index in [1.807, 2.05) is 42.5 Å². The van der Waals surface area contributed by atoms with Gasteiger partial charge < -0.3 is 0 Å².